The Morgan fingerprint density at radius 1 is 1.29 bits per heavy atom. The van der Waals surface area contributed by atoms with Gasteiger partial charge in [-0.05, 0) is 44.1 Å². The van der Waals surface area contributed by atoms with E-state index in [1.165, 1.54) is 25.0 Å². The van der Waals surface area contributed by atoms with E-state index in [1.807, 2.05) is 7.05 Å². The van der Waals surface area contributed by atoms with Crippen LogP contribution >= 0.6 is 0 Å². The molecule has 1 heterocycles. The molecule has 94 valence electrons. The third kappa shape index (κ3) is 2.82. The summed E-state index contributed by atoms with van der Waals surface area (Å²) in [5.41, 5.74) is 0.797. The van der Waals surface area contributed by atoms with Gasteiger partial charge in [0.25, 0.3) is 0 Å². The summed E-state index contributed by atoms with van der Waals surface area (Å²) < 4.78 is 26.1. The molecule has 0 aliphatic carbocycles. The number of rotatable bonds is 3. The van der Waals surface area contributed by atoms with Gasteiger partial charge in [-0.15, -0.1) is 0 Å². The van der Waals surface area contributed by atoms with Crippen molar-refractivity contribution >= 4 is 0 Å². The standard InChI is InChI=1S/C13H18F2N2/c1-16-13(12-4-2-3-7-17-12)9-5-6-10(14)11(15)8-9/h5-6,8,12-13,16-17H,2-4,7H2,1H3. The van der Waals surface area contributed by atoms with Crippen molar-refractivity contribution in [1.82, 2.24) is 10.6 Å². The van der Waals surface area contributed by atoms with E-state index in [0.717, 1.165) is 18.5 Å². The summed E-state index contributed by atoms with van der Waals surface area (Å²) in [6, 6.07) is 4.45. The molecule has 1 aliphatic rings. The Kier molecular flexibility index (Phi) is 4.07. The van der Waals surface area contributed by atoms with Crippen molar-refractivity contribution in [3.05, 3.63) is 35.4 Å². The van der Waals surface area contributed by atoms with Crippen LogP contribution in [0.3, 0.4) is 0 Å². The number of likely N-dealkylation sites (N-methyl/N-ethyl adjacent to an activating group) is 1. The summed E-state index contributed by atoms with van der Waals surface area (Å²) in [7, 11) is 1.85. The molecular weight excluding hydrogens is 222 g/mol. The number of piperidine rings is 1. The lowest BCUT2D eigenvalue weighted by molar-refractivity contribution is 0.325. The van der Waals surface area contributed by atoms with E-state index >= 15 is 0 Å². The van der Waals surface area contributed by atoms with E-state index in [9.17, 15) is 8.78 Å². The molecule has 0 amide bonds. The first kappa shape index (κ1) is 12.5. The molecule has 2 atom stereocenters. The van der Waals surface area contributed by atoms with Crippen LogP contribution in [0.5, 0.6) is 0 Å². The molecule has 1 aromatic rings. The Balaban J connectivity index is 2.18. The Labute approximate surface area is 100 Å². The average Bonchev–Trinajstić information content (AvgIpc) is 2.36. The van der Waals surface area contributed by atoms with Crippen molar-refractivity contribution < 1.29 is 8.78 Å². The van der Waals surface area contributed by atoms with Crippen LogP contribution in [-0.2, 0) is 0 Å². The van der Waals surface area contributed by atoms with Gasteiger partial charge in [-0.1, -0.05) is 12.5 Å². The Morgan fingerprint density at radius 3 is 2.71 bits per heavy atom. The molecule has 2 N–H and O–H groups in total. The SMILES string of the molecule is CNC(c1ccc(F)c(F)c1)C1CCCCN1. The quantitative estimate of drug-likeness (QED) is 0.847. The zero-order valence-electron chi connectivity index (χ0n) is 9.97. The fourth-order valence-electron chi connectivity index (χ4n) is 2.47. The van der Waals surface area contributed by atoms with Gasteiger partial charge >= 0.3 is 0 Å². The Bertz CT molecular complexity index is 376. The third-order valence-corrected chi connectivity index (χ3v) is 3.36. The summed E-state index contributed by atoms with van der Waals surface area (Å²) in [6.45, 7) is 0.993. The van der Waals surface area contributed by atoms with Gasteiger partial charge in [0, 0.05) is 12.1 Å². The molecule has 17 heavy (non-hydrogen) atoms. The van der Waals surface area contributed by atoms with E-state index in [0.29, 0.717) is 6.04 Å². The van der Waals surface area contributed by atoms with Gasteiger partial charge in [0.2, 0.25) is 0 Å². The molecule has 0 bridgehead atoms. The predicted octanol–water partition coefficient (Wildman–Crippen LogP) is 2.37. The van der Waals surface area contributed by atoms with Gasteiger partial charge in [0.15, 0.2) is 11.6 Å². The summed E-state index contributed by atoms with van der Waals surface area (Å²) in [5.74, 6) is -1.57. The predicted molar refractivity (Wildman–Crippen MR) is 63.8 cm³/mol. The highest BCUT2D eigenvalue weighted by molar-refractivity contribution is 5.23. The zero-order valence-corrected chi connectivity index (χ0v) is 9.97. The highest BCUT2D eigenvalue weighted by Crippen LogP contribution is 2.23. The second-order valence-electron chi connectivity index (χ2n) is 4.50. The van der Waals surface area contributed by atoms with Crippen LogP contribution in [-0.4, -0.2) is 19.6 Å². The first-order chi connectivity index (χ1) is 8.22. The van der Waals surface area contributed by atoms with Gasteiger partial charge in [0.1, 0.15) is 0 Å². The molecule has 0 saturated carbocycles. The molecule has 0 spiro atoms. The van der Waals surface area contributed by atoms with Crippen molar-refractivity contribution in [2.24, 2.45) is 0 Å². The molecule has 2 nitrogen and oxygen atoms in total. The van der Waals surface area contributed by atoms with Gasteiger partial charge in [-0.2, -0.15) is 0 Å². The lowest BCUT2D eigenvalue weighted by atomic mass is 9.92. The lowest BCUT2D eigenvalue weighted by Crippen LogP contribution is -2.43. The maximum absolute atomic E-state index is 13.2. The molecule has 1 fully saturated rings. The second kappa shape index (κ2) is 5.56. The fourth-order valence-corrected chi connectivity index (χ4v) is 2.47. The topological polar surface area (TPSA) is 24.1 Å². The number of benzene rings is 1. The maximum atomic E-state index is 13.2. The molecule has 2 rings (SSSR count). The van der Waals surface area contributed by atoms with Gasteiger partial charge in [-0.3, -0.25) is 0 Å². The first-order valence-corrected chi connectivity index (χ1v) is 6.08. The van der Waals surface area contributed by atoms with Crippen LogP contribution in [0.4, 0.5) is 8.78 Å². The molecule has 4 heteroatoms. The van der Waals surface area contributed by atoms with Crippen molar-refractivity contribution in [3.8, 4) is 0 Å². The summed E-state index contributed by atoms with van der Waals surface area (Å²) in [5, 5.41) is 6.61. The van der Waals surface area contributed by atoms with Gasteiger partial charge < -0.3 is 10.6 Å². The van der Waals surface area contributed by atoms with Crippen LogP contribution in [0.2, 0.25) is 0 Å². The molecule has 0 aromatic heterocycles. The van der Waals surface area contributed by atoms with Crippen molar-refractivity contribution in [2.45, 2.75) is 31.3 Å². The van der Waals surface area contributed by atoms with E-state index in [4.69, 9.17) is 0 Å². The minimum Gasteiger partial charge on any atom is -0.312 e. The highest BCUT2D eigenvalue weighted by atomic mass is 19.2. The van der Waals surface area contributed by atoms with E-state index in [2.05, 4.69) is 10.6 Å². The van der Waals surface area contributed by atoms with Crippen LogP contribution in [0.25, 0.3) is 0 Å². The van der Waals surface area contributed by atoms with Crippen LogP contribution in [0.1, 0.15) is 30.9 Å². The molecule has 1 aliphatic heterocycles. The van der Waals surface area contributed by atoms with E-state index in [-0.39, 0.29) is 6.04 Å². The minimum absolute atomic E-state index is 0.0328. The number of halogens is 2. The highest BCUT2D eigenvalue weighted by Gasteiger charge is 2.23. The lowest BCUT2D eigenvalue weighted by Gasteiger charge is -2.31. The van der Waals surface area contributed by atoms with Gasteiger partial charge in [-0.25, -0.2) is 8.78 Å². The smallest absolute Gasteiger partial charge is 0.159 e. The molecular formula is C13H18F2N2. The summed E-state index contributed by atoms with van der Waals surface area (Å²) in [6.07, 6.45) is 3.43. The first-order valence-electron chi connectivity index (χ1n) is 6.08. The average molecular weight is 240 g/mol. The Hall–Kier alpha value is -1.00. The minimum atomic E-state index is -0.791. The monoisotopic (exact) mass is 240 g/mol. The second-order valence-corrected chi connectivity index (χ2v) is 4.50. The van der Waals surface area contributed by atoms with Crippen molar-refractivity contribution in [1.29, 1.82) is 0 Å². The largest absolute Gasteiger partial charge is 0.312 e. The molecule has 1 saturated heterocycles. The van der Waals surface area contributed by atoms with Crippen LogP contribution in [0, 0.1) is 11.6 Å². The van der Waals surface area contributed by atoms with Crippen LogP contribution < -0.4 is 10.6 Å². The fraction of sp³-hybridized carbons (Fsp3) is 0.538. The van der Waals surface area contributed by atoms with Gasteiger partial charge in [0.05, 0.1) is 0 Å². The van der Waals surface area contributed by atoms with E-state index in [1.54, 1.807) is 6.07 Å². The third-order valence-electron chi connectivity index (χ3n) is 3.36. The zero-order chi connectivity index (χ0) is 12.3. The molecule has 1 aromatic carbocycles. The number of hydrogen-bond donors (Lipinski definition) is 2. The number of hydrogen-bond acceptors (Lipinski definition) is 2. The summed E-state index contributed by atoms with van der Waals surface area (Å²) >= 11 is 0. The normalized spacial score (nSPS) is 22.4. The van der Waals surface area contributed by atoms with Crippen LogP contribution in [0.15, 0.2) is 18.2 Å². The number of nitrogens with one attached hydrogen (secondary N) is 2. The van der Waals surface area contributed by atoms with Crippen molar-refractivity contribution in [2.75, 3.05) is 13.6 Å². The Morgan fingerprint density at radius 2 is 2.12 bits per heavy atom. The van der Waals surface area contributed by atoms with Crippen molar-refractivity contribution in [3.63, 3.8) is 0 Å². The molecule has 2 unspecified atom stereocenters. The maximum Gasteiger partial charge on any atom is 0.159 e. The van der Waals surface area contributed by atoms with E-state index < -0.39 is 11.6 Å². The molecule has 0 radical (unpaired) electrons. The summed E-state index contributed by atoms with van der Waals surface area (Å²) in [4.78, 5) is 0.